The van der Waals surface area contributed by atoms with Crippen LogP contribution in [0, 0.1) is 0 Å². The molecule has 3 heterocycles. The first-order valence-electron chi connectivity index (χ1n) is 12.7. The second kappa shape index (κ2) is 11.7. The number of methoxy groups -OCH3 is 1. The van der Waals surface area contributed by atoms with E-state index in [0.29, 0.717) is 11.5 Å². The van der Waals surface area contributed by atoms with Gasteiger partial charge >= 0.3 is 11.8 Å². The molecule has 0 bridgehead atoms. The van der Waals surface area contributed by atoms with Crippen LogP contribution in [0.3, 0.4) is 0 Å². The molecule has 200 valence electrons. The molecule has 1 saturated heterocycles. The van der Waals surface area contributed by atoms with Crippen LogP contribution in [0.2, 0.25) is 0 Å². The van der Waals surface area contributed by atoms with Crippen LogP contribution in [0.15, 0.2) is 60.0 Å². The van der Waals surface area contributed by atoms with Crippen molar-refractivity contribution in [3.05, 3.63) is 70.4 Å². The second-order valence-corrected chi connectivity index (χ2v) is 10.3. The summed E-state index contributed by atoms with van der Waals surface area (Å²) in [4.78, 5) is 31.3. The molecule has 0 unspecified atom stereocenters. The van der Waals surface area contributed by atoms with Gasteiger partial charge in [-0.25, -0.2) is 0 Å². The van der Waals surface area contributed by atoms with Gasteiger partial charge in [0.25, 0.3) is 0 Å². The molecule has 2 N–H and O–H groups in total. The lowest BCUT2D eigenvalue weighted by atomic mass is 10.0. The monoisotopic (exact) mass is 536 g/mol. The van der Waals surface area contributed by atoms with Crippen LogP contribution in [-0.4, -0.2) is 62.8 Å². The number of thiophene rings is 1. The van der Waals surface area contributed by atoms with Gasteiger partial charge in [-0.05, 0) is 60.3 Å². The van der Waals surface area contributed by atoms with Crippen molar-refractivity contribution in [3.63, 3.8) is 0 Å². The van der Waals surface area contributed by atoms with Gasteiger partial charge in [0, 0.05) is 49.3 Å². The number of fused-ring (bicyclic) bond motifs is 1. The third kappa shape index (κ3) is 5.87. The first kappa shape index (κ1) is 25.9. The zero-order valence-electron chi connectivity index (χ0n) is 21.5. The van der Waals surface area contributed by atoms with Gasteiger partial charge in [-0.3, -0.25) is 14.5 Å². The van der Waals surface area contributed by atoms with Crippen LogP contribution in [0.25, 0.3) is 0 Å². The quantitative estimate of drug-likeness (QED) is 0.428. The average Bonchev–Trinajstić information content (AvgIpc) is 3.64. The first-order chi connectivity index (χ1) is 18.5. The minimum atomic E-state index is -0.663. The molecular formula is C28H32N4O5S. The number of carbonyl (C=O) groups is 2. The molecule has 2 aromatic carbocycles. The molecule has 0 spiro atoms. The summed E-state index contributed by atoms with van der Waals surface area (Å²) < 4.78 is 16.0. The Morgan fingerprint density at radius 1 is 1.00 bits per heavy atom. The molecule has 2 aliphatic rings. The number of hydrogen-bond acceptors (Lipinski definition) is 8. The van der Waals surface area contributed by atoms with E-state index in [1.54, 1.807) is 24.5 Å². The molecule has 2 aliphatic heterocycles. The van der Waals surface area contributed by atoms with Crippen molar-refractivity contribution in [3.8, 4) is 17.2 Å². The van der Waals surface area contributed by atoms with E-state index in [9.17, 15) is 9.59 Å². The Balaban J connectivity index is 1.18. The van der Waals surface area contributed by atoms with Gasteiger partial charge in [0.15, 0.2) is 11.5 Å². The first-order valence-corrected chi connectivity index (χ1v) is 13.5. The lowest BCUT2D eigenvalue weighted by Gasteiger charge is -2.42. The van der Waals surface area contributed by atoms with Gasteiger partial charge in [0.05, 0.1) is 13.2 Å². The van der Waals surface area contributed by atoms with E-state index in [2.05, 4.69) is 38.6 Å². The van der Waals surface area contributed by atoms with Crippen LogP contribution >= 0.6 is 11.3 Å². The maximum atomic E-state index is 12.8. The summed E-state index contributed by atoms with van der Waals surface area (Å²) in [7, 11) is 1.67. The molecular weight excluding hydrogens is 504 g/mol. The number of rotatable bonds is 8. The van der Waals surface area contributed by atoms with Crippen molar-refractivity contribution in [1.29, 1.82) is 0 Å². The van der Waals surface area contributed by atoms with Crippen LogP contribution < -0.4 is 29.7 Å². The molecule has 38 heavy (non-hydrogen) atoms. The van der Waals surface area contributed by atoms with Crippen molar-refractivity contribution in [2.75, 3.05) is 45.0 Å². The number of carbonyl (C=O) groups excluding carboxylic acids is 2. The minimum Gasteiger partial charge on any atom is -0.497 e. The van der Waals surface area contributed by atoms with Gasteiger partial charge in [-0.15, -0.1) is 11.3 Å². The Kier molecular flexibility index (Phi) is 8.00. The number of nitrogens with one attached hydrogen (secondary N) is 2. The zero-order chi connectivity index (χ0) is 26.5. The lowest BCUT2D eigenvalue weighted by molar-refractivity contribution is -0.140. The normalized spacial score (nSPS) is 16.5. The highest BCUT2D eigenvalue weighted by Gasteiger charge is 2.32. The van der Waals surface area contributed by atoms with Crippen molar-refractivity contribution >= 4 is 28.8 Å². The van der Waals surface area contributed by atoms with Gasteiger partial charge in [-0.2, -0.15) is 0 Å². The topological polar surface area (TPSA) is 92.4 Å². The van der Waals surface area contributed by atoms with Crippen molar-refractivity contribution in [1.82, 2.24) is 15.5 Å². The summed E-state index contributed by atoms with van der Waals surface area (Å²) in [6.45, 7) is 5.78. The van der Waals surface area contributed by atoms with Crippen LogP contribution in [0.1, 0.15) is 23.4 Å². The van der Waals surface area contributed by atoms with Crippen molar-refractivity contribution in [2.24, 2.45) is 0 Å². The van der Waals surface area contributed by atoms with Gasteiger partial charge < -0.3 is 29.7 Å². The van der Waals surface area contributed by atoms with Gasteiger partial charge in [0.2, 0.25) is 6.79 Å². The average molecular weight is 537 g/mol. The molecule has 2 amide bonds. The maximum Gasteiger partial charge on any atom is 0.309 e. The van der Waals surface area contributed by atoms with E-state index >= 15 is 0 Å². The fraction of sp³-hybridized carbons (Fsp3) is 0.357. The summed E-state index contributed by atoms with van der Waals surface area (Å²) in [5.41, 5.74) is 1.99. The largest absolute Gasteiger partial charge is 0.497 e. The summed E-state index contributed by atoms with van der Waals surface area (Å²) in [6.07, 6.45) is 0. The number of ether oxygens (including phenoxy) is 3. The molecule has 10 heteroatoms. The Hall–Kier alpha value is -3.76. The summed E-state index contributed by atoms with van der Waals surface area (Å²) >= 11 is 1.66. The second-order valence-electron chi connectivity index (χ2n) is 9.31. The molecule has 1 fully saturated rings. The van der Waals surface area contributed by atoms with E-state index in [1.807, 2.05) is 42.6 Å². The fourth-order valence-electron chi connectivity index (χ4n) is 4.92. The molecule has 2 atom stereocenters. The van der Waals surface area contributed by atoms with E-state index < -0.39 is 11.8 Å². The highest BCUT2D eigenvalue weighted by atomic mass is 32.1. The molecule has 0 saturated carbocycles. The van der Waals surface area contributed by atoms with Crippen LogP contribution in [0.5, 0.6) is 17.2 Å². The van der Waals surface area contributed by atoms with E-state index in [4.69, 9.17) is 14.2 Å². The standard InChI is InChI=1S/C28H32N4O5S/c1-19(30-28(34)27(33)29-17-20-5-10-23-24(16-20)37-18-36-23)26(25-4-3-15-38-25)32-13-11-31(12-14-32)21-6-8-22(35-2)9-7-21/h3-10,15-16,19,26H,11-14,17-18H2,1-2H3,(H,29,33)(H,30,34)/t19-,26-/m0/s1. The highest BCUT2D eigenvalue weighted by Crippen LogP contribution is 2.33. The fourth-order valence-corrected chi connectivity index (χ4v) is 5.88. The predicted octanol–water partition coefficient (Wildman–Crippen LogP) is 3.17. The zero-order valence-corrected chi connectivity index (χ0v) is 22.3. The predicted molar refractivity (Wildman–Crippen MR) is 146 cm³/mol. The number of anilines is 1. The van der Waals surface area contributed by atoms with Gasteiger partial charge in [0.1, 0.15) is 5.75 Å². The Labute approximate surface area is 226 Å². The van der Waals surface area contributed by atoms with Crippen molar-refractivity contribution in [2.45, 2.75) is 25.6 Å². The Morgan fingerprint density at radius 3 is 2.47 bits per heavy atom. The summed E-state index contributed by atoms with van der Waals surface area (Å²) in [6, 6.07) is 17.4. The number of benzene rings is 2. The number of piperazine rings is 1. The lowest BCUT2D eigenvalue weighted by Crippen LogP contribution is -2.53. The highest BCUT2D eigenvalue weighted by molar-refractivity contribution is 7.10. The number of hydrogen-bond donors (Lipinski definition) is 2. The van der Waals surface area contributed by atoms with E-state index in [-0.39, 0.29) is 25.4 Å². The number of nitrogens with zero attached hydrogens (tertiary/aromatic N) is 2. The maximum absolute atomic E-state index is 12.8. The smallest absolute Gasteiger partial charge is 0.309 e. The minimum absolute atomic E-state index is 0.0290. The Morgan fingerprint density at radius 2 is 1.76 bits per heavy atom. The van der Waals surface area contributed by atoms with Crippen LogP contribution in [0.4, 0.5) is 5.69 Å². The summed E-state index contributed by atoms with van der Waals surface area (Å²) in [5.74, 6) is 0.854. The molecule has 3 aromatic rings. The number of amides is 2. The Bertz CT molecular complexity index is 1240. The van der Waals surface area contributed by atoms with E-state index in [1.165, 1.54) is 5.69 Å². The van der Waals surface area contributed by atoms with Gasteiger partial charge in [-0.1, -0.05) is 12.1 Å². The SMILES string of the molecule is COc1ccc(N2CCN([C@H](c3cccs3)[C@H](C)NC(=O)C(=O)NCc3ccc4c(c3)OCO4)CC2)cc1. The summed E-state index contributed by atoms with van der Waals surface area (Å²) in [5, 5.41) is 7.69. The third-order valence-electron chi connectivity index (χ3n) is 6.91. The van der Waals surface area contributed by atoms with E-state index in [0.717, 1.165) is 42.4 Å². The molecule has 0 aliphatic carbocycles. The molecule has 0 radical (unpaired) electrons. The molecule has 9 nitrogen and oxygen atoms in total. The van der Waals surface area contributed by atoms with Crippen molar-refractivity contribution < 1.29 is 23.8 Å². The van der Waals surface area contributed by atoms with Crippen LogP contribution in [-0.2, 0) is 16.1 Å². The third-order valence-corrected chi connectivity index (χ3v) is 7.85. The molecule has 1 aromatic heterocycles. The molecule has 5 rings (SSSR count).